The molecule has 18 heavy (non-hydrogen) atoms. The lowest BCUT2D eigenvalue weighted by Gasteiger charge is -2.05. The van der Waals surface area contributed by atoms with Crippen LogP contribution in [0.1, 0.15) is 16.1 Å². The number of hydrogen-bond donors (Lipinski definition) is 3. The molecule has 4 N–H and O–H groups in total. The minimum atomic E-state index is -0.310. The van der Waals surface area contributed by atoms with Crippen LogP contribution in [0.4, 0.5) is 11.5 Å². The van der Waals surface area contributed by atoms with E-state index >= 15 is 0 Å². The maximum atomic E-state index is 11.8. The van der Waals surface area contributed by atoms with Crippen molar-refractivity contribution < 1.29 is 4.79 Å². The highest BCUT2D eigenvalue weighted by atomic mass is 16.1. The molecule has 0 aliphatic heterocycles. The van der Waals surface area contributed by atoms with Crippen LogP contribution in [0.3, 0.4) is 0 Å². The molecule has 1 aromatic carbocycles. The summed E-state index contributed by atoms with van der Waals surface area (Å²) in [4.78, 5) is 19.7. The van der Waals surface area contributed by atoms with Gasteiger partial charge in [0.25, 0.3) is 5.91 Å². The van der Waals surface area contributed by atoms with E-state index in [1.807, 2.05) is 31.2 Å². The second-order valence-electron chi connectivity index (χ2n) is 3.75. The van der Waals surface area contributed by atoms with Gasteiger partial charge >= 0.3 is 0 Å². The van der Waals surface area contributed by atoms with Crippen molar-refractivity contribution in [3.63, 3.8) is 0 Å². The van der Waals surface area contributed by atoms with Gasteiger partial charge in [0.2, 0.25) is 0 Å². The van der Waals surface area contributed by atoms with Crippen LogP contribution in [-0.4, -0.2) is 15.9 Å². The lowest BCUT2D eigenvalue weighted by Crippen LogP contribution is -2.15. The first-order valence-corrected chi connectivity index (χ1v) is 5.36. The minimum Gasteiger partial charge on any atom is -0.321 e. The van der Waals surface area contributed by atoms with Gasteiger partial charge in [-0.2, -0.15) is 0 Å². The Bertz CT molecular complexity index is 535. The topological polar surface area (TPSA) is 92.9 Å². The summed E-state index contributed by atoms with van der Waals surface area (Å²) in [6.45, 7) is 1.98. The van der Waals surface area contributed by atoms with E-state index in [4.69, 9.17) is 5.84 Å². The van der Waals surface area contributed by atoms with E-state index in [-0.39, 0.29) is 11.6 Å². The highest BCUT2D eigenvalue weighted by Crippen LogP contribution is 2.10. The lowest BCUT2D eigenvalue weighted by molar-refractivity contribution is 0.102. The fourth-order valence-electron chi connectivity index (χ4n) is 1.35. The molecule has 1 heterocycles. The second kappa shape index (κ2) is 5.24. The smallest absolute Gasteiger partial charge is 0.275 e. The van der Waals surface area contributed by atoms with Gasteiger partial charge < -0.3 is 10.7 Å². The Morgan fingerprint density at radius 3 is 2.44 bits per heavy atom. The molecule has 0 radical (unpaired) electrons. The normalized spacial score (nSPS) is 9.89. The molecule has 6 heteroatoms. The molecule has 1 aromatic heterocycles. The van der Waals surface area contributed by atoms with Gasteiger partial charge in [-0.25, -0.2) is 15.8 Å². The summed E-state index contributed by atoms with van der Waals surface area (Å²) in [5.41, 5.74) is 4.42. The Hall–Kier alpha value is -2.47. The molecule has 0 fully saturated rings. The van der Waals surface area contributed by atoms with Gasteiger partial charge in [-0.1, -0.05) is 17.7 Å². The molecule has 0 unspecified atom stereocenters. The number of aryl methyl sites for hydroxylation is 1. The number of hydrazine groups is 1. The van der Waals surface area contributed by atoms with E-state index in [0.29, 0.717) is 11.5 Å². The van der Waals surface area contributed by atoms with Crippen molar-refractivity contribution in [3.05, 3.63) is 47.9 Å². The predicted octanol–water partition coefficient (Wildman–Crippen LogP) is 1.32. The maximum Gasteiger partial charge on any atom is 0.275 e. The number of nitrogen functional groups attached to an aromatic ring is 1. The number of rotatable bonds is 3. The van der Waals surface area contributed by atoms with Crippen LogP contribution in [0.15, 0.2) is 36.7 Å². The number of amides is 1. The average Bonchev–Trinajstić information content (AvgIpc) is 2.41. The number of nitrogens with one attached hydrogen (secondary N) is 2. The van der Waals surface area contributed by atoms with Gasteiger partial charge in [0, 0.05) is 5.69 Å². The number of nitrogens with zero attached hydrogens (tertiary/aromatic N) is 2. The van der Waals surface area contributed by atoms with E-state index in [9.17, 15) is 4.79 Å². The van der Waals surface area contributed by atoms with Crippen LogP contribution in [0.5, 0.6) is 0 Å². The van der Waals surface area contributed by atoms with Gasteiger partial charge in [-0.3, -0.25) is 4.79 Å². The van der Waals surface area contributed by atoms with Crippen LogP contribution in [0.2, 0.25) is 0 Å². The van der Waals surface area contributed by atoms with E-state index in [1.54, 1.807) is 0 Å². The van der Waals surface area contributed by atoms with Crippen LogP contribution in [-0.2, 0) is 0 Å². The summed E-state index contributed by atoms with van der Waals surface area (Å²) in [5.74, 6) is 5.25. The van der Waals surface area contributed by atoms with Crippen LogP contribution in [0.25, 0.3) is 0 Å². The summed E-state index contributed by atoms with van der Waals surface area (Å²) in [6, 6.07) is 7.50. The third-order valence-corrected chi connectivity index (χ3v) is 2.34. The number of carbonyl (C=O) groups is 1. The zero-order valence-electron chi connectivity index (χ0n) is 9.84. The Labute approximate surface area is 104 Å². The molecule has 0 aliphatic rings. The average molecular weight is 243 g/mol. The van der Waals surface area contributed by atoms with Gasteiger partial charge in [-0.15, -0.1) is 0 Å². The summed E-state index contributed by atoms with van der Waals surface area (Å²) in [6.07, 6.45) is 2.75. The van der Waals surface area contributed by atoms with E-state index < -0.39 is 0 Å². The number of hydrogen-bond acceptors (Lipinski definition) is 5. The summed E-state index contributed by atoms with van der Waals surface area (Å²) >= 11 is 0. The number of carbonyl (C=O) groups excluding carboxylic acids is 1. The van der Waals surface area contributed by atoms with Crippen molar-refractivity contribution in [1.29, 1.82) is 0 Å². The lowest BCUT2D eigenvalue weighted by atomic mass is 10.2. The van der Waals surface area contributed by atoms with Gasteiger partial charge in [0.15, 0.2) is 5.82 Å². The van der Waals surface area contributed by atoms with Crippen LogP contribution in [0, 0.1) is 6.92 Å². The highest BCUT2D eigenvalue weighted by Gasteiger charge is 2.07. The fourth-order valence-corrected chi connectivity index (χ4v) is 1.35. The largest absolute Gasteiger partial charge is 0.321 e. The SMILES string of the molecule is Cc1ccc(NC(=O)c2cnc(NN)cn2)cc1. The van der Waals surface area contributed by atoms with Crippen molar-refractivity contribution in [2.45, 2.75) is 6.92 Å². The van der Waals surface area contributed by atoms with Crippen molar-refractivity contribution in [2.75, 3.05) is 10.7 Å². The maximum absolute atomic E-state index is 11.8. The summed E-state index contributed by atoms with van der Waals surface area (Å²) in [5, 5.41) is 2.73. The Balaban J connectivity index is 2.09. The van der Waals surface area contributed by atoms with E-state index in [1.165, 1.54) is 12.4 Å². The van der Waals surface area contributed by atoms with Crippen molar-refractivity contribution in [1.82, 2.24) is 9.97 Å². The first-order valence-electron chi connectivity index (χ1n) is 5.36. The van der Waals surface area contributed by atoms with Gasteiger partial charge in [-0.05, 0) is 19.1 Å². The van der Waals surface area contributed by atoms with Crippen molar-refractivity contribution >= 4 is 17.4 Å². The zero-order valence-corrected chi connectivity index (χ0v) is 9.84. The van der Waals surface area contributed by atoms with Gasteiger partial charge in [0.1, 0.15) is 5.69 Å². The predicted molar refractivity (Wildman–Crippen MR) is 69.0 cm³/mol. The molecule has 2 aromatic rings. The van der Waals surface area contributed by atoms with Gasteiger partial charge in [0.05, 0.1) is 12.4 Å². The minimum absolute atomic E-state index is 0.231. The molecule has 0 atom stereocenters. The fraction of sp³-hybridized carbons (Fsp3) is 0.0833. The molecule has 0 bridgehead atoms. The molecule has 2 rings (SSSR count). The molecule has 0 aliphatic carbocycles. The number of benzene rings is 1. The molecule has 92 valence electrons. The Morgan fingerprint density at radius 1 is 1.17 bits per heavy atom. The standard InChI is InChI=1S/C12H13N5O/c1-8-2-4-9(5-3-8)16-12(18)10-6-15-11(17-13)7-14-10/h2-7H,13H2,1H3,(H,15,17)(H,16,18). The van der Waals surface area contributed by atoms with Crippen molar-refractivity contribution in [2.24, 2.45) is 5.84 Å². The third-order valence-electron chi connectivity index (χ3n) is 2.34. The Morgan fingerprint density at radius 2 is 1.89 bits per heavy atom. The first kappa shape index (κ1) is 12.0. The van der Waals surface area contributed by atoms with Crippen LogP contribution >= 0.6 is 0 Å². The molecule has 0 saturated carbocycles. The second-order valence-corrected chi connectivity index (χ2v) is 3.75. The van der Waals surface area contributed by atoms with E-state index in [0.717, 1.165) is 5.56 Å². The first-order chi connectivity index (χ1) is 8.69. The molecule has 0 spiro atoms. The summed E-state index contributed by atoms with van der Waals surface area (Å²) in [7, 11) is 0. The molecular formula is C12H13N5O. The molecular weight excluding hydrogens is 230 g/mol. The summed E-state index contributed by atoms with van der Waals surface area (Å²) < 4.78 is 0. The highest BCUT2D eigenvalue weighted by molar-refractivity contribution is 6.02. The van der Waals surface area contributed by atoms with Crippen LogP contribution < -0.4 is 16.6 Å². The number of aromatic nitrogens is 2. The number of anilines is 2. The molecule has 1 amide bonds. The number of nitrogens with two attached hydrogens (primary N) is 1. The molecule has 6 nitrogen and oxygen atoms in total. The van der Waals surface area contributed by atoms with E-state index in [2.05, 4.69) is 20.7 Å². The van der Waals surface area contributed by atoms with Crippen molar-refractivity contribution in [3.8, 4) is 0 Å². The Kier molecular flexibility index (Phi) is 3.49. The third kappa shape index (κ3) is 2.80. The monoisotopic (exact) mass is 243 g/mol. The molecule has 0 saturated heterocycles. The quantitative estimate of drug-likeness (QED) is 0.558. The zero-order chi connectivity index (χ0) is 13.0.